The van der Waals surface area contributed by atoms with Gasteiger partial charge in [0.1, 0.15) is 6.04 Å². The summed E-state index contributed by atoms with van der Waals surface area (Å²) in [7, 11) is 0. The maximum Gasteiger partial charge on any atom is 0.330 e. The van der Waals surface area contributed by atoms with E-state index < -0.39 is 24.5 Å². The number of fused-ring (bicyclic) bond motifs is 5. The molecule has 166 valence electrons. The lowest BCUT2D eigenvalue weighted by Gasteiger charge is -2.28. The average Bonchev–Trinajstić information content (AvgIpc) is 3.39. The number of carbonyl (C=O) groups excluding carboxylic acids is 4. The van der Waals surface area contributed by atoms with Crippen LogP contribution in [-0.2, 0) is 23.9 Å². The molecular weight excluding hydrogens is 488 g/mol. The molecule has 3 amide bonds. The molecule has 5 atom stereocenters. The van der Waals surface area contributed by atoms with Crippen LogP contribution in [-0.4, -0.2) is 41.2 Å². The highest BCUT2D eigenvalue weighted by atomic mass is 79.9. The van der Waals surface area contributed by atoms with Crippen LogP contribution >= 0.6 is 27.5 Å². The Labute approximate surface area is 193 Å². The zero-order valence-electron chi connectivity index (χ0n) is 17.3. The number of anilines is 1. The molecule has 4 rings (SSSR count). The third kappa shape index (κ3) is 4.00. The monoisotopic (exact) mass is 510 g/mol. The molecule has 1 saturated heterocycles. The number of nitrogens with zero attached hydrogens (tertiary/aromatic N) is 1. The van der Waals surface area contributed by atoms with Crippen molar-refractivity contribution in [1.29, 1.82) is 0 Å². The molecule has 2 aliphatic carbocycles. The lowest BCUT2D eigenvalue weighted by molar-refractivity contribution is -0.162. The van der Waals surface area contributed by atoms with Crippen LogP contribution in [0, 0.1) is 29.6 Å². The quantitative estimate of drug-likeness (QED) is 0.465. The number of nitrogens with one attached hydrogen (secondary N) is 1. The van der Waals surface area contributed by atoms with E-state index in [1.807, 2.05) is 0 Å². The predicted molar refractivity (Wildman–Crippen MR) is 117 cm³/mol. The number of imide groups is 1. The number of hydrogen-bond acceptors (Lipinski definition) is 5. The molecule has 3 fully saturated rings. The zero-order valence-corrected chi connectivity index (χ0v) is 19.6. The highest BCUT2D eigenvalue weighted by Crippen LogP contribution is 2.56. The van der Waals surface area contributed by atoms with E-state index >= 15 is 0 Å². The molecule has 1 aromatic rings. The third-order valence-electron chi connectivity index (χ3n) is 6.66. The van der Waals surface area contributed by atoms with Crippen molar-refractivity contribution in [3.05, 3.63) is 27.7 Å². The Bertz CT molecular complexity index is 924. The molecule has 1 N–H and O–H groups in total. The minimum atomic E-state index is -1.03. The SMILES string of the molecule is CC(C)[C@H](C(=O)OCC(=O)Nc1ccc(Br)c(Cl)c1)N1C(=O)[C@@H]2[C@H]3CC[C@@H](C3)[C@@H]2C1=O. The van der Waals surface area contributed by atoms with Gasteiger partial charge < -0.3 is 10.1 Å². The number of hydrogen-bond donors (Lipinski definition) is 1. The minimum absolute atomic E-state index is 0.240. The van der Waals surface area contributed by atoms with Crippen LogP contribution in [0.3, 0.4) is 0 Å². The van der Waals surface area contributed by atoms with Gasteiger partial charge in [0, 0.05) is 10.2 Å². The molecule has 2 saturated carbocycles. The van der Waals surface area contributed by atoms with Gasteiger partial charge in [0.05, 0.1) is 16.9 Å². The van der Waals surface area contributed by atoms with Gasteiger partial charge in [0.15, 0.2) is 6.61 Å². The molecule has 9 heteroatoms. The number of benzene rings is 1. The van der Waals surface area contributed by atoms with Crippen LogP contribution in [0.4, 0.5) is 5.69 Å². The van der Waals surface area contributed by atoms with Crippen LogP contribution in [0.15, 0.2) is 22.7 Å². The maximum absolute atomic E-state index is 13.1. The van der Waals surface area contributed by atoms with Gasteiger partial charge in [0.25, 0.3) is 5.91 Å². The average molecular weight is 512 g/mol. The normalized spacial score (nSPS) is 27.6. The molecular formula is C22H24BrClN2O5. The molecule has 0 aromatic heterocycles. The van der Waals surface area contributed by atoms with Crippen LogP contribution in [0.5, 0.6) is 0 Å². The van der Waals surface area contributed by atoms with E-state index in [4.69, 9.17) is 16.3 Å². The fourth-order valence-electron chi connectivity index (χ4n) is 5.37. The Balaban J connectivity index is 1.41. The maximum atomic E-state index is 13.1. The Morgan fingerprint density at radius 1 is 1.19 bits per heavy atom. The van der Waals surface area contributed by atoms with Crippen LogP contribution in [0.1, 0.15) is 33.1 Å². The molecule has 1 heterocycles. The molecule has 31 heavy (non-hydrogen) atoms. The molecule has 0 radical (unpaired) electrons. The smallest absolute Gasteiger partial charge is 0.330 e. The molecule has 7 nitrogen and oxygen atoms in total. The number of likely N-dealkylation sites (tertiary alicyclic amines) is 1. The van der Waals surface area contributed by atoms with Crippen LogP contribution in [0.25, 0.3) is 0 Å². The van der Waals surface area contributed by atoms with Crippen molar-refractivity contribution in [2.45, 2.75) is 39.2 Å². The summed E-state index contributed by atoms with van der Waals surface area (Å²) in [6.45, 7) is 3.00. The summed E-state index contributed by atoms with van der Waals surface area (Å²) in [5.41, 5.74) is 0.461. The van der Waals surface area contributed by atoms with Gasteiger partial charge in [-0.15, -0.1) is 0 Å². The van der Waals surface area contributed by atoms with Gasteiger partial charge in [-0.3, -0.25) is 19.3 Å². The molecule has 2 bridgehead atoms. The fourth-order valence-corrected chi connectivity index (χ4v) is 5.80. The molecule has 1 aromatic carbocycles. The lowest BCUT2D eigenvalue weighted by atomic mass is 9.81. The number of ether oxygens (including phenoxy) is 1. The van der Waals surface area contributed by atoms with E-state index in [2.05, 4.69) is 21.2 Å². The van der Waals surface area contributed by atoms with Crippen molar-refractivity contribution in [2.24, 2.45) is 29.6 Å². The van der Waals surface area contributed by atoms with Crippen molar-refractivity contribution in [1.82, 2.24) is 4.90 Å². The first kappa shape index (κ1) is 22.3. The Hall–Kier alpha value is -1.93. The largest absolute Gasteiger partial charge is 0.454 e. The van der Waals surface area contributed by atoms with Gasteiger partial charge >= 0.3 is 5.97 Å². The first-order valence-corrected chi connectivity index (χ1v) is 11.6. The fraction of sp³-hybridized carbons (Fsp3) is 0.545. The van der Waals surface area contributed by atoms with Crippen molar-refractivity contribution in [3.63, 3.8) is 0 Å². The van der Waals surface area contributed by atoms with Crippen molar-refractivity contribution in [3.8, 4) is 0 Å². The number of carbonyl (C=O) groups is 4. The second-order valence-corrected chi connectivity index (χ2v) is 10.2. The number of amides is 3. The van der Waals surface area contributed by atoms with E-state index in [-0.39, 0.29) is 41.4 Å². The van der Waals surface area contributed by atoms with Gasteiger partial charge in [0.2, 0.25) is 11.8 Å². The van der Waals surface area contributed by atoms with Gasteiger partial charge in [-0.2, -0.15) is 0 Å². The Kier molecular flexibility index (Phi) is 6.14. The zero-order chi connectivity index (χ0) is 22.4. The van der Waals surface area contributed by atoms with E-state index in [1.54, 1.807) is 32.0 Å². The van der Waals surface area contributed by atoms with Gasteiger partial charge in [-0.05, 0) is 71.1 Å². The first-order chi connectivity index (χ1) is 14.7. The van der Waals surface area contributed by atoms with Crippen molar-refractivity contribution in [2.75, 3.05) is 11.9 Å². The summed E-state index contributed by atoms with van der Waals surface area (Å²) in [6.07, 6.45) is 2.86. The van der Waals surface area contributed by atoms with Gasteiger partial charge in [-0.25, -0.2) is 4.79 Å². The van der Waals surface area contributed by atoms with Crippen LogP contribution < -0.4 is 5.32 Å². The summed E-state index contributed by atoms with van der Waals surface area (Å²) in [4.78, 5) is 52.3. The second kappa shape index (κ2) is 8.54. The summed E-state index contributed by atoms with van der Waals surface area (Å²) < 4.78 is 5.91. The first-order valence-electron chi connectivity index (χ1n) is 10.5. The third-order valence-corrected chi connectivity index (χ3v) is 7.89. The lowest BCUT2D eigenvalue weighted by Crippen LogP contribution is -2.50. The summed E-state index contributed by atoms with van der Waals surface area (Å²) in [5.74, 6) is -2.25. The Morgan fingerprint density at radius 3 is 2.35 bits per heavy atom. The summed E-state index contributed by atoms with van der Waals surface area (Å²) in [5, 5.41) is 3.03. The topological polar surface area (TPSA) is 92.8 Å². The minimum Gasteiger partial charge on any atom is -0.454 e. The molecule has 1 aliphatic heterocycles. The number of rotatable bonds is 6. The highest BCUT2D eigenvalue weighted by Gasteiger charge is 2.62. The molecule has 0 spiro atoms. The summed E-state index contributed by atoms with van der Waals surface area (Å²) >= 11 is 9.29. The standard InChI is InChI=1S/C22H24BrClN2O5/c1-10(2)19(26-20(28)17-11-3-4-12(7-11)18(17)21(26)29)22(30)31-9-16(27)25-13-5-6-14(23)15(24)8-13/h5-6,8,10-12,17-19H,3-4,7,9H2,1-2H3,(H,25,27)/t11-,12-,17-,18+,19+/m0/s1. The Morgan fingerprint density at radius 2 is 1.81 bits per heavy atom. The van der Waals surface area contributed by atoms with Crippen molar-refractivity contribution < 1.29 is 23.9 Å². The highest BCUT2D eigenvalue weighted by molar-refractivity contribution is 9.10. The van der Waals surface area contributed by atoms with E-state index in [1.165, 1.54) is 0 Å². The summed E-state index contributed by atoms with van der Waals surface area (Å²) in [6, 6.07) is 3.88. The molecule has 3 aliphatic rings. The number of halogens is 2. The van der Waals surface area contributed by atoms with Crippen LogP contribution in [0.2, 0.25) is 5.02 Å². The van der Waals surface area contributed by atoms with E-state index in [0.29, 0.717) is 15.2 Å². The molecule has 0 unspecified atom stereocenters. The predicted octanol–water partition coefficient (Wildman–Crippen LogP) is 3.64. The second-order valence-electron chi connectivity index (χ2n) is 8.90. The van der Waals surface area contributed by atoms with Gasteiger partial charge in [-0.1, -0.05) is 25.4 Å². The number of esters is 1. The van der Waals surface area contributed by atoms with Crippen molar-refractivity contribution >= 4 is 56.9 Å². The van der Waals surface area contributed by atoms with E-state index in [0.717, 1.165) is 24.2 Å². The van der Waals surface area contributed by atoms with E-state index in [9.17, 15) is 19.2 Å².